The molecule has 4 nitrogen and oxygen atoms in total. The van der Waals surface area contributed by atoms with E-state index in [1.54, 1.807) is 12.4 Å². The quantitative estimate of drug-likeness (QED) is 0.871. The standard InChI is InChI=1S/C14H23N3O/c1-11(2)16-9-12-8-15-10-14(17-12)18-13-6-4-3-5-7-13/h8,10-11,13,16H,3-7,9H2,1-2H3. The first-order chi connectivity index (χ1) is 8.74. The average molecular weight is 249 g/mol. The SMILES string of the molecule is CC(C)NCc1cncc(OC2CCCCC2)n1. The minimum Gasteiger partial charge on any atom is -0.473 e. The third-order valence-electron chi connectivity index (χ3n) is 3.19. The zero-order chi connectivity index (χ0) is 12.8. The zero-order valence-electron chi connectivity index (χ0n) is 11.4. The van der Waals surface area contributed by atoms with Gasteiger partial charge in [-0.05, 0) is 25.7 Å². The van der Waals surface area contributed by atoms with Crippen molar-refractivity contribution < 1.29 is 4.74 Å². The average Bonchev–Trinajstić information content (AvgIpc) is 2.38. The molecular weight excluding hydrogens is 226 g/mol. The lowest BCUT2D eigenvalue weighted by Gasteiger charge is -2.22. The first-order valence-electron chi connectivity index (χ1n) is 6.95. The molecular formula is C14H23N3O. The Kier molecular flexibility index (Phi) is 4.93. The van der Waals surface area contributed by atoms with E-state index in [2.05, 4.69) is 29.1 Å². The summed E-state index contributed by atoms with van der Waals surface area (Å²) in [4.78, 5) is 8.69. The largest absolute Gasteiger partial charge is 0.473 e. The van der Waals surface area contributed by atoms with Crippen molar-refractivity contribution in [1.29, 1.82) is 0 Å². The minimum absolute atomic E-state index is 0.335. The predicted molar refractivity (Wildman–Crippen MR) is 71.5 cm³/mol. The third-order valence-corrected chi connectivity index (χ3v) is 3.19. The molecule has 0 unspecified atom stereocenters. The summed E-state index contributed by atoms with van der Waals surface area (Å²) < 4.78 is 5.90. The highest BCUT2D eigenvalue weighted by atomic mass is 16.5. The molecule has 1 fully saturated rings. The number of rotatable bonds is 5. The van der Waals surface area contributed by atoms with E-state index in [4.69, 9.17) is 4.74 Å². The zero-order valence-corrected chi connectivity index (χ0v) is 11.4. The summed E-state index contributed by atoms with van der Waals surface area (Å²) in [5.41, 5.74) is 0.942. The van der Waals surface area contributed by atoms with E-state index in [-0.39, 0.29) is 0 Å². The molecule has 18 heavy (non-hydrogen) atoms. The summed E-state index contributed by atoms with van der Waals surface area (Å²) in [5.74, 6) is 0.671. The second kappa shape index (κ2) is 6.69. The Labute approximate surface area is 109 Å². The molecule has 100 valence electrons. The molecule has 0 atom stereocenters. The number of nitrogens with zero attached hydrogens (tertiary/aromatic N) is 2. The number of ether oxygens (including phenoxy) is 1. The van der Waals surface area contributed by atoms with Crippen LogP contribution in [-0.2, 0) is 6.54 Å². The number of hydrogen-bond donors (Lipinski definition) is 1. The number of aromatic nitrogens is 2. The van der Waals surface area contributed by atoms with E-state index in [9.17, 15) is 0 Å². The van der Waals surface area contributed by atoms with Gasteiger partial charge in [-0.15, -0.1) is 0 Å². The Morgan fingerprint density at radius 1 is 1.28 bits per heavy atom. The predicted octanol–water partition coefficient (Wildman–Crippen LogP) is 2.69. The third kappa shape index (κ3) is 4.26. The summed E-state index contributed by atoms with van der Waals surface area (Å²) in [7, 11) is 0. The molecule has 0 radical (unpaired) electrons. The van der Waals surface area contributed by atoms with Crippen molar-refractivity contribution in [3.8, 4) is 5.88 Å². The fourth-order valence-corrected chi connectivity index (χ4v) is 2.19. The van der Waals surface area contributed by atoms with Crippen LogP contribution in [0.2, 0.25) is 0 Å². The summed E-state index contributed by atoms with van der Waals surface area (Å²) in [6.45, 7) is 4.98. The van der Waals surface area contributed by atoms with Crippen molar-refractivity contribution in [2.75, 3.05) is 0 Å². The van der Waals surface area contributed by atoms with Crippen LogP contribution in [0, 0.1) is 0 Å². The lowest BCUT2D eigenvalue weighted by molar-refractivity contribution is 0.147. The van der Waals surface area contributed by atoms with Crippen LogP contribution in [0.3, 0.4) is 0 Å². The van der Waals surface area contributed by atoms with Gasteiger partial charge in [0.15, 0.2) is 0 Å². The van der Waals surface area contributed by atoms with Crippen molar-refractivity contribution in [3.63, 3.8) is 0 Å². The Morgan fingerprint density at radius 2 is 2.06 bits per heavy atom. The second-order valence-electron chi connectivity index (χ2n) is 5.26. The van der Waals surface area contributed by atoms with Gasteiger partial charge < -0.3 is 10.1 Å². The molecule has 0 saturated heterocycles. The van der Waals surface area contributed by atoms with Crippen LogP contribution in [0.1, 0.15) is 51.6 Å². The Balaban J connectivity index is 1.89. The van der Waals surface area contributed by atoms with Crippen LogP contribution in [0.15, 0.2) is 12.4 Å². The summed E-state index contributed by atoms with van der Waals surface area (Å²) in [5, 5.41) is 3.33. The van der Waals surface area contributed by atoms with Crippen molar-refractivity contribution >= 4 is 0 Å². The number of hydrogen-bond acceptors (Lipinski definition) is 4. The minimum atomic E-state index is 0.335. The monoisotopic (exact) mass is 249 g/mol. The van der Waals surface area contributed by atoms with Gasteiger partial charge in [-0.25, -0.2) is 4.98 Å². The maximum Gasteiger partial charge on any atom is 0.232 e. The second-order valence-corrected chi connectivity index (χ2v) is 5.26. The van der Waals surface area contributed by atoms with Crippen molar-refractivity contribution in [1.82, 2.24) is 15.3 Å². The molecule has 1 aromatic rings. The molecule has 1 heterocycles. The van der Waals surface area contributed by atoms with Crippen molar-refractivity contribution in [2.24, 2.45) is 0 Å². The summed E-state index contributed by atoms with van der Waals surface area (Å²) >= 11 is 0. The fourth-order valence-electron chi connectivity index (χ4n) is 2.19. The van der Waals surface area contributed by atoms with E-state index in [0.717, 1.165) is 25.1 Å². The normalized spacial score (nSPS) is 17.1. The van der Waals surface area contributed by atoms with Gasteiger partial charge in [0, 0.05) is 18.8 Å². The van der Waals surface area contributed by atoms with Crippen LogP contribution in [0.5, 0.6) is 5.88 Å². The van der Waals surface area contributed by atoms with Gasteiger partial charge in [0.1, 0.15) is 6.10 Å². The molecule has 1 N–H and O–H groups in total. The molecule has 1 aliphatic carbocycles. The maximum atomic E-state index is 5.90. The molecule has 2 rings (SSSR count). The van der Waals surface area contributed by atoms with Gasteiger partial charge >= 0.3 is 0 Å². The first kappa shape index (κ1) is 13.3. The van der Waals surface area contributed by atoms with Gasteiger partial charge in [0.05, 0.1) is 11.9 Å². The van der Waals surface area contributed by atoms with Gasteiger partial charge in [0.2, 0.25) is 5.88 Å². The summed E-state index contributed by atoms with van der Waals surface area (Å²) in [6, 6.07) is 0.453. The molecule has 0 amide bonds. The van der Waals surface area contributed by atoms with Gasteiger partial charge in [-0.2, -0.15) is 0 Å². The van der Waals surface area contributed by atoms with Gasteiger partial charge in [-0.1, -0.05) is 20.3 Å². The molecule has 1 aromatic heterocycles. The van der Waals surface area contributed by atoms with E-state index in [1.807, 2.05) is 0 Å². The maximum absolute atomic E-state index is 5.90. The molecule has 0 aromatic carbocycles. The molecule has 0 aliphatic heterocycles. The molecule has 0 spiro atoms. The Hall–Kier alpha value is -1.16. The molecule has 0 bridgehead atoms. The smallest absolute Gasteiger partial charge is 0.232 e. The van der Waals surface area contributed by atoms with Gasteiger partial charge in [-0.3, -0.25) is 4.98 Å². The van der Waals surface area contributed by atoms with Crippen LogP contribution in [-0.4, -0.2) is 22.1 Å². The highest BCUT2D eigenvalue weighted by Crippen LogP contribution is 2.21. The van der Waals surface area contributed by atoms with Crippen molar-refractivity contribution in [2.45, 2.75) is 64.6 Å². The highest BCUT2D eigenvalue weighted by Gasteiger charge is 2.15. The number of nitrogens with one attached hydrogen (secondary N) is 1. The van der Waals surface area contributed by atoms with Crippen LogP contribution < -0.4 is 10.1 Å². The van der Waals surface area contributed by atoms with Crippen LogP contribution in [0.25, 0.3) is 0 Å². The topological polar surface area (TPSA) is 47.0 Å². The van der Waals surface area contributed by atoms with Crippen LogP contribution >= 0.6 is 0 Å². The first-order valence-corrected chi connectivity index (χ1v) is 6.95. The molecule has 1 saturated carbocycles. The van der Waals surface area contributed by atoms with E-state index >= 15 is 0 Å². The molecule has 4 heteroatoms. The Morgan fingerprint density at radius 3 is 2.78 bits per heavy atom. The lowest BCUT2D eigenvalue weighted by Crippen LogP contribution is -2.23. The lowest BCUT2D eigenvalue weighted by atomic mass is 9.98. The van der Waals surface area contributed by atoms with Crippen molar-refractivity contribution in [3.05, 3.63) is 18.1 Å². The van der Waals surface area contributed by atoms with Crippen LogP contribution in [0.4, 0.5) is 0 Å². The Bertz CT molecular complexity index is 362. The highest BCUT2D eigenvalue weighted by molar-refractivity contribution is 5.08. The van der Waals surface area contributed by atoms with E-state index < -0.39 is 0 Å². The van der Waals surface area contributed by atoms with Gasteiger partial charge in [0.25, 0.3) is 0 Å². The fraction of sp³-hybridized carbons (Fsp3) is 0.714. The van der Waals surface area contributed by atoms with E-state index in [0.29, 0.717) is 18.0 Å². The van der Waals surface area contributed by atoms with E-state index in [1.165, 1.54) is 19.3 Å². The molecule has 1 aliphatic rings. The summed E-state index contributed by atoms with van der Waals surface area (Å²) in [6.07, 6.45) is 10.0.